The third-order valence-electron chi connectivity index (χ3n) is 3.40. The normalized spacial score (nSPS) is 10.6. The van der Waals surface area contributed by atoms with Gasteiger partial charge in [0.2, 0.25) is 5.91 Å². The van der Waals surface area contributed by atoms with Crippen molar-refractivity contribution in [2.75, 3.05) is 18.2 Å². The van der Waals surface area contributed by atoms with Crippen LogP contribution in [0.2, 0.25) is 10.0 Å². The van der Waals surface area contributed by atoms with Gasteiger partial charge in [-0.15, -0.1) is 10.2 Å². The number of nitrogens with one attached hydrogen (secondary N) is 1. The van der Waals surface area contributed by atoms with E-state index in [2.05, 4.69) is 15.5 Å². The molecule has 3 aromatic rings. The fourth-order valence-corrected chi connectivity index (χ4v) is 3.22. The van der Waals surface area contributed by atoms with E-state index in [0.29, 0.717) is 20.9 Å². The fraction of sp³-hybridized carbons (Fsp3) is 0.118. The standard InChI is InChI=1S/C17H14Cl2N4O2S/c1-25-13-5-3-12(4-6-13)23-10-20-22-17(23)26-9-16(24)21-15-8-11(18)2-7-14(15)19/h2-8,10H,9H2,1H3,(H,21,24). The van der Waals surface area contributed by atoms with Gasteiger partial charge in [0.05, 0.1) is 23.6 Å². The van der Waals surface area contributed by atoms with E-state index in [0.717, 1.165) is 11.4 Å². The lowest BCUT2D eigenvalue weighted by Gasteiger charge is -2.09. The van der Waals surface area contributed by atoms with Gasteiger partial charge in [0, 0.05) is 10.7 Å². The molecule has 0 atom stereocenters. The van der Waals surface area contributed by atoms with Crippen molar-refractivity contribution in [2.45, 2.75) is 5.16 Å². The van der Waals surface area contributed by atoms with Gasteiger partial charge in [-0.1, -0.05) is 35.0 Å². The third kappa shape index (κ3) is 4.49. The molecule has 0 radical (unpaired) electrons. The maximum atomic E-state index is 12.2. The molecule has 2 aromatic carbocycles. The largest absolute Gasteiger partial charge is 0.497 e. The minimum absolute atomic E-state index is 0.150. The van der Waals surface area contributed by atoms with Crippen molar-refractivity contribution in [3.8, 4) is 11.4 Å². The van der Waals surface area contributed by atoms with Crippen molar-refractivity contribution in [1.29, 1.82) is 0 Å². The zero-order valence-electron chi connectivity index (χ0n) is 13.6. The van der Waals surface area contributed by atoms with E-state index in [4.69, 9.17) is 27.9 Å². The maximum absolute atomic E-state index is 12.2. The number of methoxy groups -OCH3 is 1. The Morgan fingerprint density at radius 2 is 2.00 bits per heavy atom. The van der Waals surface area contributed by atoms with E-state index in [9.17, 15) is 4.79 Å². The molecule has 0 aliphatic heterocycles. The first-order valence-corrected chi connectivity index (χ1v) is 9.23. The van der Waals surface area contributed by atoms with Crippen LogP contribution in [0.25, 0.3) is 5.69 Å². The maximum Gasteiger partial charge on any atom is 0.234 e. The summed E-state index contributed by atoms with van der Waals surface area (Å²) >= 11 is 13.2. The predicted molar refractivity (Wildman–Crippen MR) is 104 cm³/mol. The average Bonchev–Trinajstić information content (AvgIpc) is 3.12. The molecular formula is C17H14Cl2N4O2S. The first-order valence-electron chi connectivity index (χ1n) is 7.49. The van der Waals surface area contributed by atoms with Crippen LogP contribution in [0.4, 0.5) is 5.69 Å². The number of carbonyl (C=O) groups is 1. The number of nitrogens with zero attached hydrogens (tertiary/aromatic N) is 3. The smallest absolute Gasteiger partial charge is 0.234 e. The Kier molecular flexibility index (Phi) is 6.03. The monoisotopic (exact) mass is 408 g/mol. The minimum atomic E-state index is -0.219. The van der Waals surface area contributed by atoms with E-state index in [1.165, 1.54) is 11.8 Å². The highest BCUT2D eigenvalue weighted by Gasteiger charge is 2.12. The molecular weight excluding hydrogens is 395 g/mol. The lowest BCUT2D eigenvalue weighted by atomic mass is 10.3. The van der Waals surface area contributed by atoms with Gasteiger partial charge >= 0.3 is 0 Å². The van der Waals surface area contributed by atoms with E-state index >= 15 is 0 Å². The van der Waals surface area contributed by atoms with Crippen LogP contribution in [0.1, 0.15) is 0 Å². The number of amides is 1. The number of benzene rings is 2. The molecule has 3 rings (SSSR count). The number of aromatic nitrogens is 3. The number of rotatable bonds is 6. The van der Waals surface area contributed by atoms with Gasteiger partial charge in [-0.05, 0) is 42.5 Å². The van der Waals surface area contributed by atoms with Crippen molar-refractivity contribution in [1.82, 2.24) is 14.8 Å². The van der Waals surface area contributed by atoms with Crippen molar-refractivity contribution in [3.63, 3.8) is 0 Å². The van der Waals surface area contributed by atoms with E-state index in [-0.39, 0.29) is 11.7 Å². The molecule has 0 unspecified atom stereocenters. The third-order valence-corrected chi connectivity index (χ3v) is 4.91. The second kappa shape index (κ2) is 8.44. The number of carbonyl (C=O) groups excluding carboxylic acids is 1. The molecule has 1 amide bonds. The lowest BCUT2D eigenvalue weighted by molar-refractivity contribution is -0.113. The molecule has 0 spiro atoms. The van der Waals surface area contributed by atoms with Gasteiger partial charge < -0.3 is 10.1 Å². The molecule has 134 valence electrons. The Morgan fingerprint density at radius 3 is 2.73 bits per heavy atom. The number of ether oxygens (including phenoxy) is 1. The molecule has 0 aliphatic rings. The summed E-state index contributed by atoms with van der Waals surface area (Å²) < 4.78 is 6.95. The Labute approximate surface area is 164 Å². The summed E-state index contributed by atoms with van der Waals surface area (Å²) in [5.41, 5.74) is 1.35. The average molecular weight is 409 g/mol. The molecule has 0 aliphatic carbocycles. The van der Waals surface area contributed by atoms with Crippen LogP contribution in [-0.2, 0) is 4.79 Å². The lowest BCUT2D eigenvalue weighted by Crippen LogP contribution is -2.14. The molecule has 1 N–H and O–H groups in total. The molecule has 9 heteroatoms. The van der Waals surface area contributed by atoms with Crippen molar-refractivity contribution in [2.24, 2.45) is 0 Å². The molecule has 26 heavy (non-hydrogen) atoms. The number of hydrogen-bond acceptors (Lipinski definition) is 5. The molecule has 1 aromatic heterocycles. The molecule has 0 saturated heterocycles. The second-order valence-corrected chi connectivity index (χ2v) is 6.93. The van der Waals surface area contributed by atoms with Crippen LogP contribution in [0.3, 0.4) is 0 Å². The van der Waals surface area contributed by atoms with Gasteiger partial charge in [0.15, 0.2) is 5.16 Å². The SMILES string of the molecule is COc1ccc(-n2cnnc2SCC(=O)Nc2cc(Cl)ccc2Cl)cc1. The Bertz CT molecular complexity index is 915. The van der Waals surface area contributed by atoms with Gasteiger partial charge in [-0.2, -0.15) is 0 Å². The Balaban J connectivity index is 1.66. The number of anilines is 1. The summed E-state index contributed by atoms with van der Waals surface area (Å²) in [7, 11) is 1.61. The van der Waals surface area contributed by atoms with Crippen LogP contribution in [0, 0.1) is 0 Å². The van der Waals surface area contributed by atoms with Crippen LogP contribution in [0.15, 0.2) is 53.9 Å². The molecule has 0 bridgehead atoms. The second-order valence-electron chi connectivity index (χ2n) is 5.14. The summed E-state index contributed by atoms with van der Waals surface area (Å²) in [4.78, 5) is 12.2. The van der Waals surface area contributed by atoms with Crippen molar-refractivity contribution >= 4 is 46.6 Å². The zero-order chi connectivity index (χ0) is 18.5. The minimum Gasteiger partial charge on any atom is -0.497 e. The molecule has 0 fully saturated rings. The summed E-state index contributed by atoms with van der Waals surface area (Å²) in [6.07, 6.45) is 1.59. The first kappa shape index (κ1) is 18.6. The summed E-state index contributed by atoms with van der Waals surface area (Å²) in [6, 6.07) is 12.4. The number of hydrogen-bond donors (Lipinski definition) is 1. The van der Waals surface area contributed by atoms with Gasteiger partial charge in [-0.3, -0.25) is 9.36 Å². The van der Waals surface area contributed by atoms with E-state index in [1.54, 1.807) is 36.2 Å². The van der Waals surface area contributed by atoms with Crippen molar-refractivity contribution < 1.29 is 9.53 Å². The van der Waals surface area contributed by atoms with E-state index < -0.39 is 0 Å². The summed E-state index contributed by atoms with van der Waals surface area (Å²) in [5.74, 6) is 0.690. The highest BCUT2D eigenvalue weighted by Crippen LogP contribution is 2.26. The van der Waals surface area contributed by atoms with Gasteiger partial charge in [-0.25, -0.2) is 0 Å². The zero-order valence-corrected chi connectivity index (χ0v) is 16.0. The van der Waals surface area contributed by atoms with Crippen molar-refractivity contribution in [3.05, 3.63) is 58.8 Å². The Hall–Kier alpha value is -2.22. The summed E-state index contributed by atoms with van der Waals surface area (Å²) in [6.45, 7) is 0. The predicted octanol–water partition coefficient (Wildman–Crippen LogP) is 4.31. The van der Waals surface area contributed by atoms with Crippen LogP contribution in [-0.4, -0.2) is 33.5 Å². The summed E-state index contributed by atoms with van der Waals surface area (Å²) in [5, 5.41) is 12.2. The number of halogens is 2. The first-order chi connectivity index (χ1) is 12.6. The molecule has 0 saturated carbocycles. The highest BCUT2D eigenvalue weighted by atomic mass is 35.5. The highest BCUT2D eigenvalue weighted by molar-refractivity contribution is 7.99. The molecule has 1 heterocycles. The number of thioether (sulfide) groups is 1. The van der Waals surface area contributed by atoms with Gasteiger partial charge in [0.1, 0.15) is 12.1 Å². The quantitative estimate of drug-likeness (QED) is 0.615. The van der Waals surface area contributed by atoms with E-state index in [1.807, 2.05) is 24.3 Å². The topological polar surface area (TPSA) is 69.0 Å². The van der Waals surface area contributed by atoms with Crippen LogP contribution in [0.5, 0.6) is 5.75 Å². The van der Waals surface area contributed by atoms with Crippen LogP contribution >= 0.6 is 35.0 Å². The molecule has 6 nitrogen and oxygen atoms in total. The fourth-order valence-electron chi connectivity index (χ4n) is 2.15. The van der Waals surface area contributed by atoms with Crippen LogP contribution < -0.4 is 10.1 Å². The van der Waals surface area contributed by atoms with Gasteiger partial charge in [0.25, 0.3) is 0 Å². The Morgan fingerprint density at radius 1 is 1.23 bits per heavy atom.